The number of carbonyl (C=O) groups excluding carboxylic acids is 2. The fourth-order valence-electron chi connectivity index (χ4n) is 3.65. The molecule has 0 spiro atoms. The minimum atomic E-state index is -0.734. The van der Waals surface area contributed by atoms with Crippen molar-refractivity contribution in [2.24, 2.45) is 5.73 Å². The lowest BCUT2D eigenvalue weighted by atomic mass is 10.1. The van der Waals surface area contributed by atoms with Crippen molar-refractivity contribution in [2.45, 2.75) is 20.4 Å². The molecule has 0 saturated heterocycles. The number of aryl methyl sites for hydroxylation is 1. The zero-order valence-corrected chi connectivity index (χ0v) is 17.9. The topological polar surface area (TPSA) is 127 Å². The van der Waals surface area contributed by atoms with Crippen LogP contribution in [0.4, 0.5) is 10.1 Å². The van der Waals surface area contributed by atoms with Crippen molar-refractivity contribution in [3.05, 3.63) is 88.1 Å². The first kappa shape index (κ1) is 21.6. The molecule has 2 heterocycles. The van der Waals surface area contributed by atoms with Gasteiger partial charge in [-0.2, -0.15) is 10.4 Å². The van der Waals surface area contributed by atoms with Crippen LogP contribution in [0, 0.1) is 31.0 Å². The molecule has 3 N–H and O–H groups in total. The molecular formula is C24H19FN6O2. The number of nitrogens with one attached hydrogen (secondary N) is 1. The van der Waals surface area contributed by atoms with Gasteiger partial charge in [-0.3, -0.25) is 14.3 Å². The average Bonchev–Trinajstić information content (AvgIpc) is 3.06. The molecule has 0 aliphatic heterocycles. The summed E-state index contributed by atoms with van der Waals surface area (Å²) in [5.74, 6) is -1.67. The van der Waals surface area contributed by atoms with E-state index in [-0.39, 0.29) is 23.4 Å². The molecule has 4 rings (SSSR count). The second-order valence-corrected chi connectivity index (χ2v) is 7.51. The minimum absolute atomic E-state index is 0.0108. The lowest BCUT2D eigenvalue weighted by Crippen LogP contribution is -2.18. The van der Waals surface area contributed by atoms with Gasteiger partial charge in [-0.1, -0.05) is 24.3 Å². The van der Waals surface area contributed by atoms with Crippen molar-refractivity contribution >= 4 is 28.4 Å². The number of para-hydroxylation sites is 1. The van der Waals surface area contributed by atoms with E-state index in [0.717, 1.165) is 0 Å². The molecule has 0 bridgehead atoms. The van der Waals surface area contributed by atoms with E-state index < -0.39 is 17.6 Å². The number of primary amides is 1. The molecule has 2 aromatic heterocycles. The molecule has 2 amide bonds. The van der Waals surface area contributed by atoms with Crippen molar-refractivity contribution in [1.29, 1.82) is 5.26 Å². The first-order valence-electron chi connectivity index (χ1n) is 10.0. The Bertz CT molecular complexity index is 1470. The van der Waals surface area contributed by atoms with Crippen LogP contribution in [-0.4, -0.2) is 26.6 Å². The SMILES string of the molecule is Cc1nn(Cc2ccc(F)cc2C#N)c(C)c1NC(=O)c1cc(C(N)=O)nc2ccccc12. The fourth-order valence-corrected chi connectivity index (χ4v) is 3.65. The number of anilines is 1. The van der Waals surface area contributed by atoms with E-state index in [1.54, 1.807) is 42.8 Å². The van der Waals surface area contributed by atoms with Gasteiger partial charge >= 0.3 is 0 Å². The largest absolute Gasteiger partial charge is 0.364 e. The first-order valence-corrected chi connectivity index (χ1v) is 10.0. The molecule has 0 atom stereocenters. The number of carbonyl (C=O) groups is 2. The van der Waals surface area contributed by atoms with Crippen molar-refractivity contribution in [3.63, 3.8) is 0 Å². The van der Waals surface area contributed by atoms with E-state index in [1.807, 2.05) is 6.07 Å². The highest BCUT2D eigenvalue weighted by atomic mass is 19.1. The predicted molar refractivity (Wildman–Crippen MR) is 120 cm³/mol. The van der Waals surface area contributed by atoms with Gasteiger partial charge in [-0.15, -0.1) is 0 Å². The van der Waals surface area contributed by atoms with Crippen LogP contribution in [0.1, 0.15) is 43.4 Å². The highest BCUT2D eigenvalue weighted by Gasteiger charge is 2.19. The highest BCUT2D eigenvalue weighted by Crippen LogP contribution is 2.24. The molecule has 2 aromatic carbocycles. The van der Waals surface area contributed by atoms with Crippen molar-refractivity contribution in [3.8, 4) is 6.07 Å². The summed E-state index contributed by atoms with van der Waals surface area (Å²) in [6.07, 6.45) is 0. The third-order valence-corrected chi connectivity index (χ3v) is 5.35. The van der Waals surface area contributed by atoms with Crippen LogP contribution in [0.3, 0.4) is 0 Å². The monoisotopic (exact) mass is 442 g/mol. The summed E-state index contributed by atoms with van der Waals surface area (Å²) >= 11 is 0. The third kappa shape index (κ3) is 4.14. The van der Waals surface area contributed by atoms with Gasteiger partial charge in [0.1, 0.15) is 11.5 Å². The van der Waals surface area contributed by atoms with E-state index in [1.165, 1.54) is 24.3 Å². The van der Waals surface area contributed by atoms with Gasteiger partial charge in [0, 0.05) is 5.39 Å². The maximum atomic E-state index is 13.5. The van der Waals surface area contributed by atoms with Gasteiger partial charge in [-0.05, 0) is 43.7 Å². The maximum absolute atomic E-state index is 13.5. The number of rotatable bonds is 5. The van der Waals surface area contributed by atoms with E-state index in [0.29, 0.717) is 33.5 Å². The van der Waals surface area contributed by atoms with Crippen LogP contribution in [-0.2, 0) is 6.54 Å². The van der Waals surface area contributed by atoms with E-state index in [9.17, 15) is 19.2 Å². The van der Waals surface area contributed by atoms with E-state index in [2.05, 4.69) is 15.4 Å². The Kier molecular flexibility index (Phi) is 5.58. The van der Waals surface area contributed by atoms with Crippen LogP contribution in [0.2, 0.25) is 0 Å². The zero-order chi connectivity index (χ0) is 23.7. The van der Waals surface area contributed by atoms with Crippen LogP contribution < -0.4 is 11.1 Å². The Balaban J connectivity index is 1.69. The second kappa shape index (κ2) is 8.51. The summed E-state index contributed by atoms with van der Waals surface area (Å²) in [6, 6.07) is 14.3. The Morgan fingerprint density at radius 2 is 1.94 bits per heavy atom. The standard InChI is InChI=1S/C24H19FN6O2/c1-13-22(14(2)31(30-13)12-15-7-8-17(25)9-16(15)11-26)29-24(33)19-10-21(23(27)32)28-20-6-4-3-5-18(19)20/h3-10H,12H2,1-2H3,(H2,27,32)(H,29,33). The van der Waals surface area contributed by atoms with Crippen LogP contribution in [0.15, 0.2) is 48.5 Å². The summed E-state index contributed by atoms with van der Waals surface area (Å²) < 4.78 is 15.1. The average molecular weight is 442 g/mol. The van der Waals surface area contributed by atoms with Gasteiger partial charge in [0.05, 0.1) is 46.3 Å². The number of nitrogens with zero attached hydrogens (tertiary/aromatic N) is 4. The van der Waals surface area contributed by atoms with Crippen molar-refractivity contribution in [2.75, 3.05) is 5.32 Å². The minimum Gasteiger partial charge on any atom is -0.364 e. The number of hydrogen-bond donors (Lipinski definition) is 2. The Morgan fingerprint density at radius 3 is 2.67 bits per heavy atom. The first-order chi connectivity index (χ1) is 15.8. The van der Waals surface area contributed by atoms with Gasteiger partial charge in [0.15, 0.2) is 0 Å². The number of amides is 2. The van der Waals surface area contributed by atoms with Gasteiger partial charge < -0.3 is 11.1 Å². The lowest BCUT2D eigenvalue weighted by molar-refractivity contribution is 0.0996. The molecular weight excluding hydrogens is 423 g/mol. The number of halogens is 1. The number of benzene rings is 2. The lowest BCUT2D eigenvalue weighted by Gasteiger charge is -2.10. The molecule has 9 heteroatoms. The zero-order valence-electron chi connectivity index (χ0n) is 17.9. The second-order valence-electron chi connectivity index (χ2n) is 7.51. The molecule has 4 aromatic rings. The molecule has 0 aliphatic rings. The van der Waals surface area contributed by atoms with Crippen molar-refractivity contribution < 1.29 is 14.0 Å². The summed E-state index contributed by atoms with van der Waals surface area (Å²) in [4.78, 5) is 29.1. The van der Waals surface area contributed by atoms with Gasteiger partial charge in [0.25, 0.3) is 11.8 Å². The number of aromatic nitrogens is 3. The number of pyridine rings is 1. The van der Waals surface area contributed by atoms with Gasteiger partial charge in [0.2, 0.25) is 0 Å². The Labute approximate surface area is 188 Å². The molecule has 0 aliphatic carbocycles. The molecule has 0 radical (unpaired) electrons. The molecule has 33 heavy (non-hydrogen) atoms. The van der Waals surface area contributed by atoms with E-state index in [4.69, 9.17) is 5.73 Å². The molecule has 0 fully saturated rings. The van der Waals surface area contributed by atoms with Gasteiger partial charge in [-0.25, -0.2) is 9.37 Å². The molecule has 164 valence electrons. The Morgan fingerprint density at radius 1 is 1.18 bits per heavy atom. The van der Waals surface area contributed by atoms with E-state index >= 15 is 0 Å². The summed E-state index contributed by atoms with van der Waals surface area (Å²) in [5.41, 5.74) is 8.66. The summed E-state index contributed by atoms with van der Waals surface area (Å²) in [5, 5.41) is 17.2. The molecule has 0 unspecified atom stereocenters. The number of nitrogens with two attached hydrogens (primary N) is 1. The van der Waals surface area contributed by atoms with Crippen molar-refractivity contribution in [1.82, 2.24) is 14.8 Å². The van der Waals surface area contributed by atoms with Crippen LogP contribution >= 0.6 is 0 Å². The number of fused-ring (bicyclic) bond motifs is 1. The quantitative estimate of drug-likeness (QED) is 0.489. The van der Waals surface area contributed by atoms with Crippen LogP contribution in [0.25, 0.3) is 10.9 Å². The number of hydrogen-bond acceptors (Lipinski definition) is 5. The summed E-state index contributed by atoms with van der Waals surface area (Å²) in [6.45, 7) is 3.76. The maximum Gasteiger partial charge on any atom is 0.267 e. The third-order valence-electron chi connectivity index (χ3n) is 5.35. The molecule has 0 saturated carbocycles. The number of nitriles is 1. The normalized spacial score (nSPS) is 10.7. The summed E-state index contributed by atoms with van der Waals surface area (Å²) in [7, 11) is 0. The fraction of sp³-hybridized carbons (Fsp3) is 0.125. The van der Waals surface area contributed by atoms with Crippen LogP contribution in [0.5, 0.6) is 0 Å². The predicted octanol–water partition coefficient (Wildman–Crippen LogP) is 3.46. The highest BCUT2D eigenvalue weighted by molar-refractivity contribution is 6.14. The Hall–Kier alpha value is -4.58. The smallest absolute Gasteiger partial charge is 0.267 e. The molecule has 8 nitrogen and oxygen atoms in total.